The molecule has 0 radical (unpaired) electrons. The lowest BCUT2D eigenvalue weighted by atomic mass is 10.2. The van der Waals surface area contributed by atoms with Gasteiger partial charge in [-0.1, -0.05) is 0 Å². The zero-order valence-electron chi connectivity index (χ0n) is 10.8. The first-order valence-electron chi connectivity index (χ1n) is 5.75. The van der Waals surface area contributed by atoms with E-state index in [-0.39, 0.29) is 11.4 Å². The topological polar surface area (TPSA) is 101 Å². The van der Waals surface area contributed by atoms with E-state index in [4.69, 9.17) is 5.73 Å². The molecule has 6 nitrogen and oxygen atoms in total. The predicted octanol–water partition coefficient (Wildman–Crippen LogP) is 1.09. The summed E-state index contributed by atoms with van der Waals surface area (Å²) in [5.41, 5.74) is 8.44. The van der Waals surface area contributed by atoms with E-state index in [1.54, 1.807) is 25.3 Å². The smallest absolute Gasteiger partial charge is 0.241 e. The fraction of sp³-hybridized carbons (Fsp3) is 0.250. The predicted molar refractivity (Wildman–Crippen MR) is 72.9 cm³/mol. The Balaban J connectivity index is 2.21. The van der Waals surface area contributed by atoms with Crippen LogP contribution in [-0.4, -0.2) is 18.6 Å². The van der Waals surface area contributed by atoms with Crippen molar-refractivity contribution in [2.75, 3.05) is 5.73 Å². The van der Waals surface area contributed by atoms with Gasteiger partial charge in [-0.15, -0.1) is 0 Å². The third-order valence-corrected chi connectivity index (χ3v) is 4.44. The van der Waals surface area contributed by atoms with Gasteiger partial charge in [0.05, 0.1) is 11.1 Å². The first kappa shape index (κ1) is 13.6. The zero-order valence-corrected chi connectivity index (χ0v) is 11.6. The summed E-state index contributed by atoms with van der Waals surface area (Å²) in [6, 6.07) is 4.72. The monoisotopic (exact) mass is 280 g/mol. The highest BCUT2D eigenvalue weighted by molar-refractivity contribution is 7.89. The maximum Gasteiger partial charge on any atom is 0.241 e. The number of aromatic nitrogens is 2. The lowest BCUT2D eigenvalue weighted by Crippen LogP contribution is -2.24. The first-order chi connectivity index (χ1) is 8.90. The molecule has 0 saturated carbocycles. The summed E-state index contributed by atoms with van der Waals surface area (Å²) in [6.45, 7) is 3.76. The number of hydrogen-bond donors (Lipinski definition) is 3. The van der Waals surface area contributed by atoms with Crippen LogP contribution in [0.2, 0.25) is 0 Å². The Morgan fingerprint density at radius 3 is 2.68 bits per heavy atom. The molecule has 0 aliphatic rings. The number of benzene rings is 1. The van der Waals surface area contributed by atoms with E-state index in [0.717, 1.165) is 11.3 Å². The lowest BCUT2D eigenvalue weighted by Gasteiger charge is -2.09. The first-order valence-corrected chi connectivity index (χ1v) is 7.23. The van der Waals surface area contributed by atoms with Crippen LogP contribution in [0.25, 0.3) is 0 Å². The second-order valence-corrected chi connectivity index (χ2v) is 6.11. The summed E-state index contributed by atoms with van der Waals surface area (Å²) in [7, 11) is -3.55. The molecule has 1 aromatic heterocycles. The van der Waals surface area contributed by atoms with E-state index in [2.05, 4.69) is 14.9 Å². The largest absolute Gasteiger partial charge is 0.399 e. The average molecular weight is 280 g/mol. The van der Waals surface area contributed by atoms with Crippen LogP contribution in [-0.2, 0) is 16.6 Å². The molecular formula is C12H16N4O2S. The Bertz CT molecular complexity index is 692. The summed E-state index contributed by atoms with van der Waals surface area (Å²) in [5, 5.41) is 6.61. The molecule has 7 heteroatoms. The zero-order chi connectivity index (χ0) is 14.0. The fourth-order valence-corrected chi connectivity index (χ4v) is 3.01. The van der Waals surface area contributed by atoms with E-state index >= 15 is 0 Å². The van der Waals surface area contributed by atoms with Gasteiger partial charge < -0.3 is 5.73 Å². The molecule has 2 rings (SSSR count). The number of nitrogens with one attached hydrogen (secondary N) is 2. The molecule has 19 heavy (non-hydrogen) atoms. The van der Waals surface area contributed by atoms with Gasteiger partial charge in [0, 0.05) is 23.5 Å². The third-order valence-electron chi connectivity index (χ3n) is 2.88. The van der Waals surface area contributed by atoms with Crippen molar-refractivity contribution in [3.63, 3.8) is 0 Å². The third kappa shape index (κ3) is 2.94. The van der Waals surface area contributed by atoms with Crippen molar-refractivity contribution in [2.24, 2.45) is 0 Å². The molecule has 4 N–H and O–H groups in total. The highest BCUT2D eigenvalue weighted by Gasteiger charge is 2.17. The number of aryl methyl sites for hydroxylation is 2. The molecule has 2 aromatic rings. The van der Waals surface area contributed by atoms with Crippen LogP contribution in [0, 0.1) is 13.8 Å². The van der Waals surface area contributed by atoms with Crippen LogP contribution in [0.5, 0.6) is 0 Å². The van der Waals surface area contributed by atoms with Gasteiger partial charge in [-0.25, -0.2) is 13.1 Å². The molecule has 0 saturated heterocycles. The molecule has 0 unspecified atom stereocenters. The Morgan fingerprint density at radius 2 is 2.11 bits per heavy atom. The van der Waals surface area contributed by atoms with E-state index in [1.165, 1.54) is 6.07 Å². The summed E-state index contributed by atoms with van der Waals surface area (Å²) >= 11 is 0. The van der Waals surface area contributed by atoms with Crippen LogP contribution in [0.4, 0.5) is 5.69 Å². The second-order valence-electron chi connectivity index (χ2n) is 4.37. The van der Waals surface area contributed by atoms with Crippen molar-refractivity contribution in [1.29, 1.82) is 0 Å². The van der Waals surface area contributed by atoms with Crippen LogP contribution < -0.4 is 10.5 Å². The Kier molecular flexibility index (Phi) is 3.59. The summed E-state index contributed by atoms with van der Waals surface area (Å²) in [4.78, 5) is 0.239. The van der Waals surface area contributed by atoms with E-state index in [9.17, 15) is 8.42 Å². The standard InChI is InChI=1S/C12H16N4O2S/c1-8-5-11(13)3-4-12(8)19(17,18)15-7-10-6-14-16-9(10)2/h3-6,15H,7,13H2,1-2H3,(H,14,16). The van der Waals surface area contributed by atoms with Gasteiger partial charge in [0.15, 0.2) is 0 Å². The van der Waals surface area contributed by atoms with Crippen LogP contribution in [0.1, 0.15) is 16.8 Å². The summed E-state index contributed by atoms with van der Waals surface area (Å²) in [5.74, 6) is 0. The summed E-state index contributed by atoms with van der Waals surface area (Å²) in [6.07, 6.45) is 1.60. The van der Waals surface area contributed by atoms with Crippen molar-refractivity contribution in [3.8, 4) is 0 Å². The maximum absolute atomic E-state index is 12.2. The number of sulfonamides is 1. The number of nitrogens with two attached hydrogens (primary N) is 1. The van der Waals surface area contributed by atoms with Crippen LogP contribution in [0.15, 0.2) is 29.3 Å². The fourth-order valence-electron chi connectivity index (χ4n) is 1.78. The van der Waals surface area contributed by atoms with Gasteiger partial charge in [0.1, 0.15) is 0 Å². The van der Waals surface area contributed by atoms with Crippen molar-refractivity contribution in [3.05, 3.63) is 41.2 Å². The summed E-state index contributed by atoms with van der Waals surface area (Å²) < 4.78 is 26.9. The van der Waals surface area contributed by atoms with Gasteiger partial charge in [-0.3, -0.25) is 5.10 Å². The number of nitrogens with zero attached hydrogens (tertiary/aromatic N) is 1. The minimum atomic E-state index is -3.55. The molecule has 0 spiro atoms. The number of nitrogen functional groups attached to an aromatic ring is 1. The molecule has 0 aliphatic carbocycles. The van der Waals surface area contributed by atoms with Crippen LogP contribution >= 0.6 is 0 Å². The minimum absolute atomic E-state index is 0.203. The van der Waals surface area contributed by atoms with Crippen LogP contribution in [0.3, 0.4) is 0 Å². The van der Waals surface area contributed by atoms with E-state index < -0.39 is 10.0 Å². The highest BCUT2D eigenvalue weighted by atomic mass is 32.2. The highest BCUT2D eigenvalue weighted by Crippen LogP contribution is 2.18. The Morgan fingerprint density at radius 1 is 1.37 bits per heavy atom. The number of anilines is 1. The molecule has 1 heterocycles. The van der Waals surface area contributed by atoms with Gasteiger partial charge in [0.25, 0.3) is 0 Å². The molecule has 102 valence electrons. The minimum Gasteiger partial charge on any atom is -0.399 e. The van der Waals surface area contributed by atoms with Crippen molar-refractivity contribution < 1.29 is 8.42 Å². The molecule has 0 fully saturated rings. The second kappa shape index (κ2) is 5.02. The molecule has 1 aromatic carbocycles. The Labute approximate surface area is 112 Å². The number of rotatable bonds is 4. The van der Waals surface area contributed by atoms with E-state index in [1.807, 2.05) is 6.92 Å². The Hall–Kier alpha value is -1.86. The molecule has 0 atom stereocenters. The number of H-pyrrole nitrogens is 1. The van der Waals surface area contributed by atoms with Gasteiger partial charge >= 0.3 is 0 Å². The lowest BCUT2D eigenvalue weighted by molar-refractivity contribution is 0.580. The normalized spacial score (nSPS) is 11.7. The molecule has 0 aliphatic heterocycles. The average Bonchev–Trinajstić information content (AvgIpc) is 2.72. The van der Waals surface area contributed by atoms with Gasteiger partial charge in [-0.2, -0.15) is 5.10 Å². The SMILES string of the molecule is Cc1cc(N)ccc1S(=O)(=O)NCc1cn[nH]c1C. The number of aromatic amines is 1. The number of hydrogen-bond acceptors (Lipinski definition) is 4. The van der Waals surface area contributed by atoms with Crippen molar-refractivity contribution >= 4 is 15.7 Å². The molecular weight excluding hydrogens is 264 g/mol. The van der Waals surface area contributed by atoms with E-state index in [0.29, 0.717) is 11.3 Å². The maximum atomic E-state index is 12.2. The molecule has 0 amide bonds. The van der Waals surface area contributed by atoms with Gasteiger partial charge in [0.2, 0.25) is 10.0 Å². The molecule has 0 bridgehead atoms. The quantitative estimate of drug-likeness (QED) is 0.730. The van der Waals surface area contributed by atoms with Gasteiger partial charge in [-0.05, 0) is 37.6 Å². The van der Waals surface area contributed by atoms with Crippen molar-refractivity contribution in [1.82, 2.24) is 14.9 Å². The van der Waals surface area contributed by atoms with Crippen molar-refractivity contribution in [2.45, 2.75) is 25.3 Å².